The fourth-order valence-electron chi connectivity index (χ4n) is 3.89. The first kappa shape index (κ1) is 24.3. The van der Waals surface area contributed by atoms with Crippen molar-refractivity contribution in [2.24, 2.45) is 0 Å². The lowest BCUT2D eigenvalue weighted by Gasteiger charge is -2.41. The number of aliphatic hydroxyl groups excluding tert-OH is 3. The third-order valence-electron chi connectivity index (χ3n) is 5.85. The Morgan fingerprint density at radius 1 is 1.06 bits per heavy atom. The molecular weight excluding hydrogens is 457 g/mol. The van der Waals surface area contributed by atoms with Gasteiger partial charge in [-0.3, -0.25) is 0 Å². The molecule has 1 aliphatic rings. The largest absolute Gasteiger partial charge is 0.394 e. The normalized spacial score (nSPS) is 25.6. The lowest BCUT2D eigenvalue weighted by atomic mass is 9.89. The minimum atomic E-state index is -1.65. The van der Waals surface area contributed by atoms with Crippen molar-refractivity contribution in [2.75, 3.05) is 6.61 Å². The summed E-state index contributed by atoms with van der Waals surface area (Å²) in [7, 11) is 0. The Balaban J connectivity index is 1.62. The number of hydrogen-bond acceptors (Lipinski definition) is 8. The van der Waals surface area contributed by atoms with Crippen LogP contribution in [0.2, 0.25) is 0 Å². The number of benzene rings is 1. The maximum Gasteiger partial charge on any atom is 0.195 e. The van der Waals surface area contributed by atoms with Crippen molar-refractivity contribution in [3.05, 3.63) is 53.3 Å². The summed E-state index contributed by atoms with van der Waals surface area (Å²) in [5.41, 5.74) is -0.0262. The van der Waals surface area contributed by atoms with Gasteiger partial charge in [0.25, 0.3) is 0 Å². The molecule has 0 saturated carbocycles. The number of aromatic nitrogens is 4. The molecule has 1 aromatic carbocycles. The van der Waals surface area contributed by atoms with Crippen LogP contribution in [0.3, 0.4) is 0 Å². The van der Waals surface area contributed by atoms with Gasteiger partial charge in [0.2, 0.25) is 0 Å². The number of ether oxygens (including phenoxy) is 1. The van der Waals surface area contributed by atoms with E-state index in [2.05, 4.69) is 15.5 Å². The predicted octanol–water partition coefficient (Wildman–Crippen LogP) is 1.91. The van der Waals surface area contributed by atoms with E-state index in [1.807, 2.05) is 20.8 Å². The van der Waals surface area contributed by atoms with E-state index >= 15 is 0 Å². The van der Waals surface area contributed by atoms with Crippen LogP contribution in [0.15, 0.2) is 28.9 Å². The Bertz CT molecular complexity index is 1160. The molecule has 12 heteroatoms. The summed E-state index contributed by atoms with van der Waals surface area (Å²) >= 11 is 0. The number of rotatable bonds is 5. The summed E-state index contributed by atoms with van der Waals surface area (Å²) in [4.78, 5) is 0. The second-order valence-electron chi connectivity index (χ2n) is 9.31. The lowest BCUT2D eigenvalue weighted by Crippen LogP contribution is -2.56. The van der Waals surface area contributed by atoms with Gasteiger partial charge in [0.15, 0.2) is 17.5 Å². The average molecular weight is 482 g/mol. The van der Waals surface area contributed by atoms with Crippen LogP contribution in [0, 0.1) is 17.5 Å². The molecule has 1 saturated heterocycles. The van der Waals surface area contributed by atoms with Crippen LogP contribution in [-0.4, -0.2) is 66.5 Å². The zero-order valence-electron chi connectivity index (χ0n) is 18.7. The van der Waals surface area contributed by atoms with E-state index in [1.54, 1.807) is 6.07 Å². The minimum Gasteiger partial charge on any atom is -0.394 e. The molecule has 9 nitrogen and oxygen atoms in total. The summed E-state index contributed by atoms with van der Waals surface area (Å²) in [6, 6.07) is 2.36. The second kappa shape index (κ2) is 9.10. The molecule has 0 unspecified atom stereocenters. The van der Waals surface area contributed by atoms with Gasteiger partial charge in [0, 0.05) is 23.5 Å². The quantitative estimate of drug-likeness (QED) is 0.471. The molecule has 1 fully saturated rings. The van der Waals surface area contributed by atoms with E-state index in [0.29, 0.717) is 11.5 Å². The molecule has 0 spiro atoms. The highest BCUT2D eigenvalue weighted by Crippen LogP contribution is 2.33. The van der Waals surface area contributed by atoms with E-state index in [1.165, 1.54) is 6.20 Å². The zero-order valence-corrected chi connectivity index (χ0v) is 18.7. The SMILES string of the molecule is CC(C)(C)c1cc(C[C@H]2O[C@H](CO)[C@H](O)[C@H](n3cc(-c4ccc(F)c(F)c4F)nn3)[C@H]2O)on1. The van der Waals surface area contributed by atoms with E-state index in [4.69, 9.17) is 9.26 Å². The highest BCUT2D eigenvalue weighted by Gasteiger charge is 2.46. The molecule has 0 amide bonds. The van der Waals surface area contributed by atoms with Crippen molar-refractivity contribution in [1.82, 2.24) is 20.2 Å². The van der Waals surface area contributed by atoms with Crippen LogP contribution >= 0.6 is 0 Å². The summed E-state index contributed by atoms with van der Waals surface area (Å²) in [6.07, 6.45) is -3.46. The molecular formula is C22H25F3N4O5. The number of aliphatic hydroxyl groups is 3. The first-order chi connectivity index (χ1) is 16.0. The van der Waals surface area contributed by atoms with Gasteiger partial charge in [-0.15, -0.1) is 5.10 Å². The monoisotopic (exact) mass is 482 g/mol. The first-order valence-corrected chi connectivity index (χ1v) is 10.7. The van der Waals surface area contributed by atoms with Crippen LogP contribution in [0.1, 0.15) is 38.3 Å². The summed E-state index contributed by atoms with van der Waals surface area (Å²) in [5, 5.41) is 43.1. The topological polar surface area (TPSA) is 127 Å². The zero-order chi connectivity index (χ0) is 24.8. The van der Waals surface area contributed by atoms with E-state index in [0.717, 1.165) is 16.8 Å². The molecule has 4 rings (SSSR count). The average Bonchev–Trinajstić information content (AvgIpc) is 3.44. The Hall–Kier alpha value is -2.80. The highest BCUT2D eigenvalue weighted by molar-refractivity contribution is 5.58. The van der Waals surface area contributed by atoms with E-state index in [9.17, 15) is 28.5 Å². The first-order valence-electron chi connectivity index (χ1n) is 10.7. The van der Waals surface area contributed by atoms with E-state index in [-0.39, 0.29) is 23.1 Å². The molecule has 34 heavy (non-hydrogen) atoms. The Labute approximate surface area is 192 Å². The molecule has 3 heterocycles. The third-order valence-corrected chi connectivity index (χ3v) is 5.85. The van der Waals surface area contributed by atoms with Crippen LogP contribution in [-0.2, 0) is 16.6 Å². The van der Waals surface area contributed by atoms with Gasteiger partial charge >= 0.3 is 0 Å². The molecule has 184 valence electrons. The van der Waals surface area contributed by atoms with Gasteiger partial charge in [-0.1, -0.05) is 31.1 Å². The van der Waals surface area contributed by atoms with Crippen LogP contribution < -0.4 is 0 Å². The number of hydrogen-bond donors (Lipinski definition) is 3. The van der Waals surface area contributed by atoms with E-state index < -0.39 is 54.5 Å². The Morgan fingerprint density at radius 2 is 1.76 bits per heavy atom. The van der Waals surface area contributed by atoms with Gasteiger partial charge < -0.3 is 24.6 Å². The van der Waals surface area contributed by atoms with Crippen molar-refractivity contribution in [2.45, 2.75) is 63.1 Å². The van der Waals surface area contributed by atoms with Gasteiger partial charge in [-0.2, -0.15) is 0 Å². The standard InChI is InChI=1S/C22H25F3N4O5/c1-22(2,3)16-7-10(34-27-16)6-14-20(31)19(21(32)15(9-30)33-14)29-8-13(26-28-29)11-4-5-12(23)18(25)17(11)24/h4-5,7-8,14-15,19-21,30-32H,6,9H2,1-3H3/t14-,15-,19-,20+,21+/m1/s1. The molecule has 2 aromatic heterocycles. The van der Waals surface area contributed by atoms with Crippen molar-refractivity contribution in [3.8, 4) is 11.3 Å². The molecule has 5 atom stereocenters. The summed E-state index contributed by atoms with van der Waals surface area (Å²) in [5.74, 6) is -4.00. The van der Waals surface area contributed by atoms with Crippen LogP contribution in [0.25, 0.3) is 11.3 Å². The summed E-state index contributed by atoms with van der Waals surface area (Å²) < 4.78 is 53.3. The molecule has 3 N–H and O–H groups in total. The van der Waals surface area contributed by atoms with Gasteiger partial charge in [0.05, 0.1) is 24.6 Å². The van der Waals surface area contributed by atoms with Gasteiger partial charge in [0.1, 0.15) is 35.8 Å². The van der Waals surface area contributed by atoms with Crippen molar-refractivity contribution >= 4 is 0 Å². The smallest absolute Gasteiger partial charge is 0.195 e. The van der Waals surface area contributed by atoms with Gasteiger partial charge in [-0.05, 0) is 12.1 Å². The maximum absolute atomic E-state index is 14.2. The second-order valence-corrected chi connectivity index (χ2v) is 9.31. The summed E-state index contributed by atoms with van der Waals surface area (Å²) in [6.45, 7) is 5.34. The molecule has 0 aliphatic carbocycles. The molecule has 0 bridgehead atoms. The molecule has 1 aliphatic heterocycles. The molecule has 3 aromatic rings. The van der Waals surface area contributed by atoms with Crippen LogP contribution in [0.4, 0.5) is 13.2 Å². The fourth-order valence-corrected chi connectivity index (χ4v) is 3.89. The predicted molar refractivity (Wildman–Crippen MR) is 111 cm³/mol. The third kappa shape index (κ3) is 4.45. The van der Waals surface area contributed by atoms with Crippen LogP contribution in [0.5, 0.6) is 0 Å². The van der Waals surface area contributed by atoms with Gasteiger partial charge in [-0.25, -0.2) is 17.9 Å². The van der Waals surface area contributed by atoms with Crippen molar-refractivity contribution in [1.29, 1.82) is 0 Å². The maximum atomic E-state index is 14.2. The molecule has 0 radical (unpaired) electrons. The number of nitrogens with zero attached hydrogens (tertiary/aromatic N) is 4. The number of halogens is 3. The Kier molecular flexibility index (Phi) is 6.51. The van der Waals surface area contributed by atoms with Crippen molar-refractivity contribution < 1.29 is 37.8 Å². The highest BCUT2D eigenvalue weighted by atomic mass is 19.2. The van der Waals surface area contributed by atoms with Crippen molar-refractivity contribution in [3.63, 3.8) is 0 Å². The fraction of sp³-hybridized carbons (Fsp3) is 0.500. The Morgan fingerprint density at radius 3 is 2.41 bits per heavy atom. The lowest BCUT2D eigenvalue weighted by molar-refractivity contribution is -0.205. The minimum absolute atomic E-state index is 0.0866.